The number of rotatable bonds is 8. The number of ether oxygens (including phenoxy) is 1. The summed E-state index contributed by atoms with van der Waals surface area (Å²) in [6, 6.07) is 0.616. The molecule has 3 unspecified atom stereocenters. The molecule has 0 saturated carbocycles. The fourth-order valence-corrected chi connectivity index (χ4v) is 2.04. The standard InChI is InChI=1S/C13H29NO/c1-7-14-13(12(5)10(2)3)11(4)8-9-15-6/h10-14H,7-9H2,1-6H3. The molecule has 1 N–H and O–H groups in total. The van der Waals surface area contributed by atoms with E-state index in [0.717, 1.165) is 31.4 Å². The third kappa shape index (κ3) is 5.53. The first-order valence-electron chi connectivity index (χ1n) is 6.26. The van der Waals surface area contributed by atoms with Gasteiger partial charge in [0.1, 0.15) is 0 Å². The molecule has 0 heterocycles. The van der Waals surface area contributed by atoms with Crippen molar-refractivity contribution < 1.29 is 4.74 Å². The topological polar surface area (TPSA) is 21.3 Å². The van der Waals surface area contributed by atoms with Gasteiger partial charge in [0, 0.05) is 19.8 Å². The highest BCUT2D eigenvalue weighted by molar-refractivity contribution is 4.80. The Morgan fingerprint density at radius 3 is 2.13 bits per heavy atom. The second-order valence-corrected chi connectivity index (χ2v) is 4.95. The normalized spacial score (nSPS) is 17.8. The predicted molar refractivity (Wildman–Crippen MR) is 67.1 cm³/mol. The van der Waals surface area contributed by atoms with Crippen molar-refractivity contribution in [2.45, 2.75) is 47.1 Å². The van der Waals surface area contributed by atoms with Crippen LogP contribution in [0.2, 0.25) is 0 Å². The van der Waals surface area contributed by atoms with E-state index in [9.17, 15) is 0 Å². The summed E-state index contributed by atoms with van der Waals surface area (Å²) in [5.41, 5.74) is 0. The van der Waals surface area contributed by atoms with Crippen molar-refractivity contribution in [2.24, 2.45) is 17.8 Å². The van der Waals surface area contributed by atoms with Crippen molar-refractivity contribution in [3.63, 3.8) is 0 Å². The Balaban J connectivity index is 4.22. The molecule has 0 aromatic heterocycles. The molecule has 0 bridgehead atoms. The van der Waals surface area contributed by atoms with Crippen LogP contribution >= 0.6 is 0 Å². The molecule has 3 atom stereocenters. The van der Waals surface area contributed by atoms with E-state index in [-0.39, 0.29) is 0 Å². The quantitative estimate of drug-likeness (QED) is 0.672. The van der Waals surface area contributed by atoms with Gasteiger partial charge in [-0.15, -0.1) is 0 Å². The Bertz CT molecular complexity index is 147. The van der Waals surface area contributed by atoms with Gasteiger partial charge in [0.15, 0.2) is 0 Å². The van der Waals surface area contributed by atoms with Gasteiger partial charge in [0.25, 0.3) is 0 Å². The van der Waals surface area contributed by atoms with Crippen LogP contribution in [0.1, 0.15) is 41.0 Å². The van der Waals surface area contributed by atoms with E-state index < -0.39 is 0 Å². The van der Waals surface area contributed by atoms with Crippen LogP contribution < -0.4 is 5.32 Å². The molecule has 0 spiro atoms. The molecule has 0 radical (unpaired) electrons. The maximum atomic E-state index is 5.15. The smallest absolute Gasteiger partial charge is 0.0465 e. The monoisotopic (exact) mass is 215 g/mol. The van der Waals surface area contributed by atoms with E-state index in [1.807, 2.05) is 0 Å². The van der Waals surface area contributed by atoms with E-state index >= 15 is 0 Å². The van der Waals surface area contributed by atoms with Crippen molar-refractivity contribution in [2.75, 3.05) is 20.3 Å². The third-order valence-corrected chi connectivity index (χ3v) is 3.45. The minimum Gasteiger partial charge on any atom is -0.385 e. The number of methoxy groups -OCH3 is 1. The first-order valence-corrected chi connectivity index (χ1v) is 6.26. The van der Waals surface area contributed by atoms with Crippen LogP contribution in [0.5, 0.6) is 0 Å². The van der Waals surface area contributed by atoms with E-state index in [1.165, 1.54) is 0 Å². The van der Waals surface area contributed by atoms with Gasteiger partial charge in [-0.1, -0.05) is 34.6 Å². The first kappa shape index (κ1) is 14.9. The second-order valence-electron chi connectivity index (χ2n) is 4.95. The maximum absolute atomic E-state index is 5.15. The van der Waals surface area contributed by atoms with Gasteiger partial charge < -0.3 is 10.1 Å². The summed E-state index contributed by atoms with van der Waals surface area (Å²) in [6.07, 6.45) is 1.14. The van der Waals surface area contributed by atoms with Crippen LogP contribution in [0.3, 0.4) is 0 Å². The molecular weight excluding hydrogens is 186 g/mol. The Morgan fingerprint density at radius 1 is 1.13 bits per heavy atom. The van der Waals surface area contributed by atoms with Crippen molar-refractivity contribution in [3.05, 3.63) is 0 Å². The van der Waals surface area contributed by atoms with Crippen molar-refractivity contribution >= 4 is 0 Å². The Morgan fingerprint density at radius 2 is 1.73 bits per heavy atom. The molecule has 0 fully saturated rings. The molecule has 0 aromatic rings. The van der Waals surface area contributed by atoms with Crippen LogP contribution in [0, 0.1) is 17.8 Å². The van der Waals surface area contributed by atoms with Crippen molar-refractivity contribution in [1.82, 2.24) is 5.32 Å². The van der Waals surface area contributed by atoms with Crippen LogP contribution in [-0.4, -0.2) is 26.3 Å². The molecule has 0 aliphatic rings. The summed E-state index contributed by atoms with van der Waals surface area (Å²) in [6.45, 7) is 13.4. The van der Waals surface area contributed by atoms with Crippen LogP contribution in [0.25, 0.3) is 0 Å². The molecule has 0 aromatic carbocycles. The van der Waals surface area contributed by atoms with E-state index in [1.54, 1.807) is 7.11 Å². The molecule has 2 heteroatoms. The molecule has 15 heavy (non-hydrogen) atoms. The highest BCUT2D eigenvalue weighted by atomic mass is 16.5. The van der Waals surface area contributed by atoms with Crippen molar-refractivity contribution in [1.29, 1.82) is 0 Å². The lowest BCUT2D eigenvalue weighted by atomic mass is 9.82. The molecule has 0 rings (SSSR count). The SMILES string of the molecule is CCNC(C(C)CCOC)C(C)C(C)C. The summed E-state index contributed by atoms with van der Waals surface area (Å²) >= 11 is 0. The molecule has 0 amide bonds. The zero-order valence-corrected chi connectivity index (χ0v) is 11.3. The van der Waals surface area contributed by atoms with Gasteiger partial charge >= 0.3 is 0 Å². The predicted octanol–water partition coefficient (Wildman–Crippen LogP) is 2.93. The minimum absolute atomic E-state index is 0.616. The van der Waals surface area contributed by atoms with Crippen molar-refractivity contribution in [3.8, 4) is 0 Å². The van der Waals surface area contributed by atoms with Crippen LogP contribution in [0.15, 0.2) is 0 Å². The average molecular weight is 215 g/mol. The lowest BCUT2D eigenvalue weighted by Crippen LogP contribution is -2.42. The summed E-state index contributed by atoms with van der Waals surface area (Å²) in [7, 11) is 1.78. The summed E-state index contributed by atoms with van der Waals surface area (Å²) in [4.78, 5) is 0. The lowest BCUT2D eigenvalue weighted by Gasteiger charge is -2.32. The highest BCUT2D eigenvalue weighted by Crippen LogP contribution is 2.22. The molecule has 0 saturated heterocycles. The zero-order chi connectivity index (χ0) is 11.8. The number of nitrogens with one attached hydrogen (secondary N) is 1. The van der Waals surface area contributed by atoms with E-state index in [2.05, 4.69) is 39.9 Å². The summed E-state index contributed by atoms with van der Waals surface area (Å²) < 4.78 is 5.15. The van der Waals surface area contributed by atoms with Gasteiger partial charge in [-0.05, 0) is 30.7 Å². The number of hydrogen-bond donors (Lipinski definition) is 1. The Hall–Kier alpha value is -0.0800. The van der Waals surface area contributed by atoms with Crippen LogP contribution in [0.4, 0.5) is 0 Å². The fourth-order valence-electron chi connectivity index (χ4n) is 2.04. The lowest BCUT2D eigenvalue weighted by molar-refractivity contribution is 0.152. The van der Waals surface area contributed by atoms with Gasteiger partial charge in [-0.25, -0.2) is 0 Å². The maximum Gasteiger partial charge on any atom is 0.0465 e. The van der Waals surface area contributed by atoms with Gasteiger partial charge in [-0.3, -0.25) is 0 Å². The Kier molecular flexibility index (Phi) is 8.07. The van der Waals surface area contributed by atoms with Crippen LogP contribution in [-0.2, 0) is 4.74 Å². The van der Waals surface area contributed by atoms with Gasteiger partial charge in [-0.2, -0.15) is 0 Å². The van der Waals surface area contributed by atoms with E-state index in [0.29, 0.717) is 12.0 Å². The highest BCUT2D eigenvalue weighted by Gasteiger charge is 2.24. The zero-order valence-electron chi connectivity index (χ0n) is 11.3. The third-order valence-electron chi connectivity index (χ3n) is 3.45. The molecular formula is C13H29NO. The molecule has 2 nitrogen and oxygen atoms in total. The summed E-state index contributed by atoms with van der Waals surface area (Å²) in [5, 5.41) is 3.62. The molecule has 92 valence electrons. The number of hydrogen-bond acceptors (Lipinski definition) is 2. The molecule has 0 aliphatic carbocycles. The van der Waals surface area contributed by atoms with Gasteiger partial charge in [0.05, 0.1) is 0 Å². The van der Waals surface area contributed by atoms with Gasteiger partial charge in [0.2, 0.25) is 0 Å². The Labute approximate surface area is 95.8 Å². The first-order chi connectivity index (χ1) is 7.04. The second kappa shape index (κ2) is 8.12. The minimum atomic E-state index is 0.616. The fraction of sp³-hybridized carbons (Fsp3) is 1.00. The van der Waals surface area contributed by atoms with E-state index in [4.69, 9.17) is 4.74 Å². The molecule has 0 aliphatic heterocycles. The largest absolute Gasteiger partial charge is 0.385 e. The average Bonchev–Trinajstić information content (AvgIpc) is 2.21. The summed E-state index contributed by atoms with van der Waals surface area (Å²) in [5.74, 6) is 2.14.